The number of nitro groups is 1. The van der Waals surface area contributed by atoms with Gasteiger partial charge in [0.05, 0.1) is 11.5 Å². The van der Waals surface area contributed by atoms with E-state index in [-0.39, 0.29) is 12.2 Å². The predicted molar refractivity (Wildman–Crippen MR) is 58.4 cm³/mol. The van der Waals surface area contributed by atoms with Gasteiger partial charge in [-0.15, -0.1) is 0 Å². The van der Waals surface area contributed by atoms with Crippen molar-refractivity contribution in [2.75, 3.05) is 20.3 Å². The molecule has 1 rings (SSSR count). The van der Waals surface area contributed by atoms with Gasteiger partial charge >= 0.3 is 0 Å². The Labute approximate surface area is 93.1 Å². The molecule has 0 radical (unpaired) electrons. The molecule has 2 N–H and O–H groups in total. The summed E-state index contributed by atoms with van der Waals surface area (Å²) in [6.45, 7) is 1.05. The molecule has 0 aliphatic rings. The molecule has 88 valence electrons. The van der Waals surface area contributed by atoms with Gasteiger partial charge in [-0.25, -0.2) is 0 Å². The first-order valence-electron chi connectivity index (χ1n) is 4.78. The van der Waals surface area contributed by atoms with Crippen LogP contribution in [0.25, 0.3) is 0 Å². The minimum atomic E-state index is -0.460. The van der Waals surface area contributed by atoms with Gasteiger partial charge in [0.15, 0.2) is 0 Å². The Hall–Kier alpha value is -1.66. The zero-order valence-corrected chi connectivity index (χ0v) is 9.01. The molecule has 0 atom stereocenters. The zero-order valence-electron chi connectivity index (χ0n) is 9.01. The average Bonchev–Trinajstić information content (AvgIpc) is 2.29. The quantitative estimate of drug-likeness (QED) is 0.445. The molecule has 0 fully saturated rings. The van der Waals surface area contributed by atoms with Crippen molar-refractivity contribution in [3.05, 3.63) is 33.9 Å². The summed E-state index contributed by atoms with van der Waals surface area (Å²) in [4.78, 5) is 10.1. The van der Waals surface area contributed by atoms with Crippen LogP contribution in [0.15, 0.2) is 18.2 Å². The Balaban J connectivity index is 2.80. The smallest absolute Gasteiger partial charge is 0.270 e. The maximum absolute atomic E-state index is 10.5. The largest absolute Gasteiger partial charge is 0.491 e. The van der Waals surface area contributed by atoms with Crippen molar-refractivity contribution in [2.24, 2.45) is 5.73 Å². The number of ether oxygens (including phenoxy) is 2. The van der Waals surface area contributed by atoms with Crippen molar-refractivity contribution >= 4 is 5.69 Å². The Morgan fingerprint density at radius 2 is 2.19 bits per heavy atom. The van der Waals surface area contributed by atoms with Crippen molar-refractivity contribution in [1.29, 1.82) is 0 Å². The molecule has 0 amide bonds. The first kappa shape index (κ1) is 12.4. The van der Waals surface area contributed by atoms with E-state index in [1.165, 1.54) is 12.1 Å². The Morgan fingerprint density at radius 3 is 2.75 bits per heavy atom. The molecule has 0 aliphatic carbocycles. The van der Waals surface area contributed by atoms with E-state index in [1.807, 2.05) is 0 Å². The van der Waals surface area contributed by atoms with Gasteiger partial charge in [-0.05, 0) is 6.07 Å². The van der Waals surface area contributed by atoms with Crippen LogP contribution in [0, 0.1) is 10.1 Å². The number of nitrogens with two attached hydrogens (primary N) is 1. The third kappa shape index (κ3) is 3.18. The monoisotopic (exact) mass is 226 g/mol. The molecule has 0 spiro atoms. The fraction of sp³-hybridized carbons (Fsp3) is 0.400. The Morgan fingerprint density at radius 1 is 1.44 bits per heavy atom. The van der Waals surface area contributed by atoms with Crippen LogP contribution in [-0.2, 0) is 11.3 Å². The first-order chi connectivity index (χ1) is 7.69. The summed E-state index contributed by atoms with van der Waals surface area (Å²) >= 11 is 0. The molecular weight excluding hydrogens is 212 g/mol. The minimum absolute atomic E-state index is 0.0135. The van der Waals surface area contributed by atoms with Crippen LogP contribution in [0.1, 0.15) is 5.56 Å². The normalized spacial score (nSPS) is 10.1. The van der Waals surface area contributed by atoms with Crippen molar-refractivity contribution < 1.29 is 14.4 Å². The van der Waals surface area contributed by atoms with E-state index in [4.69, 9.17) is 15.2 Å². The number of benzene rings is 1. The molecule has 6 nitrogen and oxygen atoms in total. The summed E-state index contributed by atoms with van der Waals surface area (Å²) in [6, 6.07) is 4.36. The lowest BCUT2D eigenvalue weighted by Gasteiger charge is -2.09. The predicted octanol–water partition coefficient (Wildman–Crippen LogP) is 1.08. The van der Waals surface area contributed by atoms with Crippen molar-refractivity contribution in [1.82, 2.24) is 0 Å². The summed E-state index contributed by atoms with van der Waals surface area (Å²) in [5.41, 5.74) is 6.12. The highest BCUT2D eigenvalue weighted by Crippen LogP contribution is 2.23. The molecule has 0 bridgehead atoms. The molecule has 0 saturated carbocycles. The summed E-state index contributed by atoms with van der Waals surface area (Å²) in [5, 5.41) is 10.5. The zero-order chi connectivity index (χ0) is 12.0. The molecule has 16 heavy (non-hydrogen) atoms. The summed E-state index contributed by atoms with van der Waals surface area (Å²) in [7, 11) is 1.57. The lowest BCUT2D eigenvalue weighted by molar-refractivity contribution is -0.384. The van der Waals surface area contributed by atoms with Gasteiger partial charge in [0, 0.05) is 31.4 Å². The topological polar surface area (TPSA) is 87.6 Å². The molecular formula is C10H14N2O4. The van der Waals surface area contributed by atoms with Crippen molar-refractivity contribution in [2.45, 2.75) is 6.54 Å². The van der Waals surface area contributed by atoms with E-state index in [0.29, 0.717) is 24.5 Å². The van der Waals surface area contributed by atoms with E-state index >= 15 is 0 Å². The van der Waals surface area contributed by atoms with Crippen LogP contribution < -0.4 is 10.5 Å². The summed E-state index contributed by atoms with van der Waals surface area (Å²) in [6.07, 6.45) is 0. The van der Waals surface area contributed by atoms with Crippen LogP contribution in [0.2, 0.25) is 0 Å². The number of methoxy groups -OCH3 is 1. The van der Waals surface area contributed by atoms with Crippen LogP contribution in [-0.4, -0.2) is 25.2 Å². The van der Waals surface area contributed by atoms with E-state index in [0.717, 1.165) is 0 Å². The highest BCUT2D eigenvalue weighted by Gasteiger charge is 2.10. The minimum Gasteiger partial charge on any atom is -0.491 e. The second-order valence-electron chi connectivity index (χ2n) is 3.09. The highest BCUT2D eigenvalue weighted by atomic mass is 16.6. The second kappa shape index (κ2) is 6.04. The maximum Gasteiger partial charge on any atom is 0.270 e. The van der Waals surface area contributed by atoms with Crippen molar-refractivity contribution in [3.63, 3.8) is 0 Å². The standard InChI is InChI=1S/C10H14N2O4/c1-15-4-5-16-10-3-2-9(12(13)14)6-8(10)7-11/h2-3,6H,4-5,7,11H2,1H3. The van der Waals surface area contributed by atoms with Gasteiger partial charge in [0.25, 0.3) is 5.69 Å². The van der Waals surface area contributed by atoms with Gasteiger partial charge in [-0.1, -0.05) is 0 Å². The SMILES string of the molecule is COCCOc1ccc([N+](=O)[O-])cc1CN. The number of hydrogen-bond acceptors (Lipinski definition) is 5. The summed E-state index contributed by atoms with van der Waals surface area (Å²) in [5.74, 6) is 0.560. The van der Waals surface area contributed by atoms with Gasteiger partial charge < -0.3 is 15.2 Å². The summed E-state index contributed by atoms with van der Waals surface area (Å²) < 4.78 is 10.2. The average molecular weight is 226 g/mol. The Bertz CT molecular complexity index is 368. The highest BCUT2D eigenvalue weighted by molar-refractivity contribution is 5.43. The van der Waals surface area contributed by atoms with E-state index in [2.05, 4.69) is 0 Å². The number of hydrogen-bond donors (Lipinski definition) is 1. The first-order valence-corrected chi connectivity index (χ1v) is 4.78. The van der Waals surface area contributed by atoms with Gasteiger partial charge in [0.1, 0.15) is 12.4 Å². The van der Waals surface area contributed by atoms with Crippen LogP contribution in [0.3, 0.4) is 0 Å². The molecule has 1 aromatic carbocycles. The fourth-order valence-electron chi connectivity index (χ4n) is 1.21. The van der Waals surface area contributed by atoms with Gasteiger partial charge in [0.2, 0.25) is 0 Å². The van der Waals surface area contributed by atoms with Gasteiger partial charge in [-0.3, -0.25) is 10.1 Å². The fourth-order valence-corrected chi connectivity index (χ4v) is 1.21. The number of non-ortho nitro benzene ring substituents is 1. The molecule has 0 unspecified atom stereocenters. The molecule has 6 heteroatoms. The molecule has 0 heterocycles. The van der Waals surface area contributed by atoms with Crippen LogP contribution in [0.5, 0.6) is 5.75 Å². The van der Waals surface area contributed by atoms with E-state index < -0.39 is 4.92 Å². The third-order valence-corrected chi connectivity index (χ3v) is 2.02. The second-order valence-corrected chi connectivity index (χ2v) is 3.09. The molecule has 0 saturated heterocycles. The maximum atomic E-state index is 10.5. The van der Waals surface area contributed by atoms with Crippen molar-refractivity contribution in [3.8, 4) is 5.75 Å². The number of rotatable bonds is 6. The number of nitro benzene ring substituents is 1. The van der Waals surface area contributed by atoms with Crippen LogP contribution in [0.4, 0.5) is 5.69 Å². The number of nitrogens with zero attached hydrogens (tertiary/aromatic N) is 1. The molecule has 0 aromatic heterocycles. The lowest BCUT2D eigenvalue weighted by atomic mass is 10.2. The molecule has 1 aromatic rings. The van der Waals surface area contributed by atoms with Crippen LogP contribution >= 0.6 is 0 Å². The molecule has 0 aliphatic heterocycles. The lowest BCUT2D eigenvalue weighted by Crippen LogP contribution is -2.08. The Kier molecular flexibility index (Phi) is 4.68. The third-order valence-electron chi connectivity index (χ3n) is 2.02. The van der Waals surface area contributed by atoms with E-state index in [9.17, 15) is 10.1 Å². The van der Waals surface area contributed by atoms with Gasteiger partial charge in [-0.2, -0.15) is 0 Å². The van der Waals surface area contributed by atoms with E-state index in [1.54, 1.807) is 13.2 Å².